The molecule has 0 fully saturated rings. The van der Waals surface area contributed by atoms with Crippen LogP contribution < -0.4 is 10.1 Å². The van der Waals surface area contributed by atoms with Gasteiger partial charge in [0.05, 0.1) is 23.4 Å². The van der Waals surface area contributed by atoms with E-state index in [1.54, 1.807) is 0 Å². The fourth-order valence-electron chi connectivity index (χ4n) is 3.66. The smallest absolute Gasteiger partial charge is 0.252 e. The Labute approximate surface area is 191 Å². The van der Waals surface area contributed by atoms with Crippen molar-refractivity contribution in [2.24, 2.45) is 5.92 Å². The Kier molecular flexibility index (Phi) is 8.63. The van der Waals surface area contributed by atoms with E-state index in [2.05, 4.69) is 37.9 Å². The van der Waals surface area contributed by atoms with Crippen LogP contribution in [0.5, 0.6) is 5.75 Å². The van der Waals surface area contributed by atoms with E-state index in [0.29, 0.717) is 24.6 Å². The average Bonchev–Trinajstić information content (AvgIpc) is 2.82. The molecule has 0 radical (unpaired) electrons. The Morgan fingerprint density at radius 1 is 1.06 bits per heavy atom. The highest BCUT2D eigenvalue weighted by Crippen LogP contribution is 2.27. The first-order valence-electron chi connectivity index (χ1n) is 11.6. The van der Waals surface area contributed by atoms with Crippen LogP contribution in [0.1, 0.15) is 44.5 Å². The van der Waals surface area contributed by atoms with Crippen LogP contribution in [0.25, 0.3) is 22.2 Å². The second-order valence-corrected chi connectivity index (χ2v) is 8.44. The number of carbonyl (C=O) groups excluding carboxylic acids is 1. The Hall–Kier alpha value is -2.92. The van der Waals surface area contributed by atoms with Gasteiger partial charge in [0, 0.05) is 17.5 Å². The number of para-hydroxylation sites is 1. The van der Waals surface area contributed by atoms with Gasteiger partial charge in [-0.3, -0.25) is 4.79 Å². The van der Waals surface area contributed by atoms with Crippen LogP contribution >= 0.6 is 0 Å². The van der Waals surface area contributed by atoms with E-state index in [9.17, 15) is 4.79 Å². The van der Waals surface area contributed by atoms with Crippen molar-refractivity contribution in [2.75, 3.05) is 32.8 Å². The number of rotatable bonds is 11. The number of nitrogens with one attached hydrogen (secondary N) is 1. The largest absolute Gasteiger partial charge is 0.493 e. The van der Waals surface area contributed by atoms with Crippen molar-refractivity contribution in [3.8, 4) is 17.0 Å². The van der Waals surface area contributed by atoms with E-state index >= 15 is 0 Å². The van der Waals surface area contributed by atoms with Crippen LogP contribution in [0, 0.1) is 5.92 Å². The molecular formula is C27H35N3O2. The van der Waals surface area contributed by atoms with Crippen molar-refractivity contribution in [3.05, 3.63) is 60.2 Å². The maximum Gasteiger partial charge on any atom is 0.252 e. The van der Waals surface area contributed by atoms with Crippen molar-refractivity contribution in [2.45, 2.75) is 34.1 Å². The molecule has 0 saturated heterocycles. The third kappa shape index (κ3) is 6.30. The fraction of sp³-hybridized carbons (Fsp3) is 0.407. The summed E-state index contributed by atoms with van der Waals surface area (Å²) < 4.78 is 5.89. The Balaban J connectivity index is 1.83. The minimum atomic E-state index is -0.0587. The molecule has 3 aromatic rings. The van der Waals surface area contributed by atoms with Crippen LogP contribution in [0.2, 0.25) is 0 Å². The molecule has 1 aromatic heterocycles. The summed E-state index contributed by atoms with van der Waals surface area (Å²) in [6.45, 7) is 12.9. The highest BCUT2D eigenvalue weighted by molar-refractivity contribution is 6.07. The maximum absolute atomic E-state index is 13.1. The minimum Gasteiger partial charge on any atom is -0.493 e. The molecule has 2 aromatic carbocycles. The number of fused-ring (bicyclic) bond motifs is 1. The zero-order chi connectivity index (χ0) is 22.9. The topological polar surface area (TPSA) is 54.5 Å². The molecule has 0 bridgehead atoms. The molecule has 0 aliphatic rings. The van der Waals surface area contributed by atoms with Gasteiger partial charge in [-0.05, 0) is 56.2 Å². The van der Waals surface area contributed by atoms with Gasteiger partial charge in [0.2, 0.25) is 0 Å². The lowest BCUT2D eigenvalue weighted by Gasteiger charge is -2.18. The Morgan fingerprint density at radius 2 is 1.84 bits per heavy atom. The number of amides is 1. The van der Waals surface area contributed by atoms with Gasteiger partial charge in [0.25, 0.3) is 5.91 Å². The second-order valence-electron chi connectivity index (χ2n) is 8.44. The summed E-state index contributed by atoms with van der Waals surface area (Å²) in [5, 5.41) is 3.96. The van der Waals surface area contributed by atoms with Gasteiger partial charge in [-0.25, -0.2) is 4.98 Å². The third-order valence-corrected chi connectivity index (χ3v) is 5.51. The summed E-state index contributed by atoms with van der Waals surface area (Å²) in [7, 11) is 0. The summed E-state index contributed by atoms with van der Waals surface area (Å²) >= 11 is 0. The monoisotopic (exact) mass is 433 g/mol. The van der Waals surface area contributed by atoms with E-state index < -0.39 is 0 Å². The highest BCUT2D eigenvalue weighted by atomic mass is 16.5. The van der Waals surface area contributed by atoms with Crippen molar-refractivity contribution in [1.29, 1.82) is 0 Å². The highest BCUT2D eigenvalue weighted by Gasteiger charge is 2.14. The van der Waals surface area contributed by atoms with Crippen LogP contribution in [-0.4, -0.2) is 48.6 Å². The molecule has 32 heavy (non-hydrogen) atoms. The molecule has 1 heterocycles. The lowest BCUT2D eigenvalue weighted by Crippen LogP contribution is -2.30. The number of hydrogen-bond donors (Lipinski definition) is 1. The summed E-state index contributed by atoms with van der Waals surface area (Å²) in [6, 6.07) is 17.6. The van der Waals surface area contributed by atoms with Crippen molar-refractivity contribution < 1.29 is 9.53 Å². The van der Waals surface area contributed by atoms with E-state index in [-0.39, 0.29) is 5.91 Å². The number of nitrogens with zero attached hydrogens (tertiary/aromatic N) is 2. The standard InChI is InChI=1S/C27H35N3O2/c1-5-30(6-2)16-10-15-28-27(31)24-18-26(29-25-14-8-7-13-23(24)25)21-11-9-12-22(17-21)32-19-20(3)4/h7-9,11-14,17-18,20H,5-6,10,15-16,19H2,1-4H3,(H,28,31). The lowest BCUT2D eigenvalue weighted by molar-refractivity contribution is 0.0953. The molecule has 0 spiro atoms. The van der Waals surface area contributed by atoms with Gasteiger partial charge in [0.15, 0.2) is 0 Å². The Morgan fingerprint density at radius 3 is 2.59 bits per heavy atom. The lowest BCUT2D eigenvalue weighted by atomic mass is 10.0. The fourth-order valence-corrected chi connectivity index (χ4v) is 3.66. The van der Waals surface area contributed by atoms with Gasteiger partial charge in [-0.1, -0.05) is 58.0 Å². The van der Waals surface area contributed by atoms with Gasteiger partial charge < -0.3 is 15.0 Å². The number of ether oxygens (including phenoxy) is 1. The molecule has 0 atom stereocenters. The third-order valence-electron chi connectivity index (χ3n) is 5.51. The predicted octanol–water partition coefficient (Wildman–Crippen LogP) is 5.40. The van der Waals surface area contributed by atoms with Gasteiger partial charge in [-0.2, -0.15) is 0 Å². The summed E-state index contributed by atoms with van der Waals surface area (Å²) in [4.78, 5) is 20.3. The first-order chi connectivity index (χ1) is 15.5. The van der Waals surface area contributed by atoms with Crippen molar-refractivity contribution >= 4 is 16.8 Å². The molecule has 1 amide bonds. The average molecular weight is 434 g/mol. The zero-order valence-corrected chi connectivity index (χ0v) is 19.7. The molecule has 0 unspecified atom stereocenters. The maximum atomic E-state index is 13.1. The van der Waals surface area contributed by atoms with Gasteiger partial charge in [0.1, 0.15) is 5.75 Å². The molecular weight excluding hydrogens is 398 g/mol. The SMILES string of the molecule is CCN(CC)CCCNC(=O)c1cc(-c2cccc(OCC(C)C)c2)nc2ccccc12. The molecule has 5 nitrogen and oxygen atoms in total. The van der Waals surface area contributed by atoms with Crippen molar-refractivity contribution in [1.82, 2.24) is 15.2 Å². The van der Waals surface area contributed by atoms with Gasteiger partial charge in [-0.15, -0.1) is 0 Å². The molecule has 0 saturated carbocycles. The van der Waals surface area contributed by atoms with Crippen LogP contribution in [0.3, 0.4) is 0 Å². The summed E-state index contributed by atoms with van der Waals surface area (Å²) in [5.74, 6) is 1.21. The molecule has 0 aliphatic carbocycles. The first-order valence-corrected chi connectivity index (χ1v) is 11.6. The second kappa shape index (κ2) is 11.6. The van der Waals surface area contributed by atoms with Crippen LogP contribution in [-0.2, 0) is 0 Å². The normalized spacial score (nSPS) is 11.3. The summed E-state index contributed by atoms with van der Waals surface area (Å²) in [5.41, 5.74) is 3.17. The van der Waals surface area contributed by atoms with E-state index in [4.69, 9.17) is 9.72 Å². The minimum absolute atomic E-state index is 0.0587. The number of pyridine rings is 1. The molecule has 5 heteroatoms. The predicted molar refractivity (Wildman–Crippen MR) is 132 cm³/mol. The molecule has 0 aliphatic heterocycles. The number of carbonyl (C=O) groups is 1. The van der Waals surface area contributed by atoms with Crippen LogP contribution in [0.15, 0.2) is 54.6 Å². The first kappa shape index (κ1) is 23.7. The van der Waals surface area contributed by atoms with E-state index in [1.807, 2.05) is 54.6 Å². The van der Waals surface area contributed by atoms with E-state index in [1.165, 1.54) is 0 Å². The molecule has 3 rings (SSSR count). The summed E-state index contributed by atoms with van der Waals surface area (Å²) in [6.07, 6.45) is 0.929. The van der Waals surface area contributed by atoms with Crippen molar-refractivity contribution in [3.63, 3.8) is 0 Å². The zero-order valence-electron chi connectivity index (χ0n) is 19.7. The number of benzene rings is 2. The molecule has 1 N–H and O–H groups in total. The number of aromatic nitrogens is 1. The Bertz CT molecular complexity index is 1030. The quantitative estimate of drug-likeness (QED) is 0.412. The van der Waals surface area contributed by atoms with Gasteiger partial charge >= 0.3 is 0 Å². The van der Waals surface area contributed by atoms with Crippen LogP contribution in [0.4, 0.5) is 0 Å². The van der Waals surface area contributed by atoms with E-state index in [0.717, 1.165) is 54.0 Å². The molecule has 170 valence electrons. The number of hydrogen-bond acceptors (Lipinski definition) is 4.